The molecular formula is C2H6CaNO4P. The van der Waals surface area contributed by atoms with Crippen molar-refractivity contribution in [2.24, 2.45) is 0 Å². The van der Waals surface area contributed by atoms with Crippen LogP contribution in [0, 0.1) is 0 Å². The van der Waals surface area contributed by atoms with Crippen molar-refractivity contribution in [3.05, 3.63) is 0 Å². The van der Waals surface area contributed by atoms with Crippen LogP contribution in [-0.4, -0.2) is 44.3 Å². The van der Waals surface area contributed by atoms with E-state index in [1.54, 1.807) is 6.92 Å². The molecule has 0 aromatic heterocycles. The van der Waals surface area contributed by atoms with Gasteiger partial charge in [-0.05, 0) is 0 Å². The summed E-state index contributed by atoms with van der Waals surface area (Å²) in [5.41, 5.74) is 1.90. The van der Waals surface area contributed by atoms with Crippen molar-refractivity contribution in [3.8, 4) is 0 Å². The second kappa shape index (κ2) is 6.07. The first-order valence-corrected chi connectivity index (χ1v) is 3.46. The van der Waals surface area contributed by atoms with Gasteiger partial charge in [-0.15, -0.1) is 0 Å². The molecule has 0 amide bonds. The van der Waals surface area contributed by atoms with E-state index in [1.807, 2.05) is 5.48 Å². The summed E-state index contributed by atoms with van der Waals surface area (Å²) in [7, 11) is -4.79. The molecule has 0 saturated carbocycles. The van der Waals surface area contributed by atoms with E-state index in [0.29, 0.717) is 0 Å². The summed E-state index contributed by atoms with van der Waals surface area (Å²) >= 11 is 0. The predicted molar refractivity (Wildman–Crippen MR) is 28.1 cm³/mol. The first-order valence-electron chi connectivity index (χ1n) is 2.00. The third-order valence-corrected chi connectivity index (χ3v) is 0.673. The van der Waals surface area contributed by atoms with Gasteiger partial charge in [-0.2, -0.15) is 5.48 Å². The first kappa shape index (κ1) is 13.0. The monoisotopic (exact) mass is 179 g/mol. The normalized spacial score (nSPS) is 10.6. The molecule has 0 radical (unpaired) electrons. The third-order valence-electron chi connectivity index (χ3n) is 0.321. The van der Waals surface area contributed by atoms with Crippen LogP contribution in [0.1, 0.15) is 6.92 Å². The maximum Gasteiger partial charge on any atom is 2.00 e. The molecule has 0 bridgehead atoms. The predicted octanol–water partition coefficient (Wildman–Crippen LogP) is -2.02. The zero-order chi connectivity index (χ0) is 6.62. The van der Waals surface area contributed by atoms with E-state index in [2.05, 4.69) is 4.62 Å². The molecule has 0 aromatic carbocycles. The fourth-order valence-corrected chi connectivity index (χ4v) is 0.431. The Balaban J connectivity index is 0. The number of nitrogens with one attached hydrogen (secondary N) is 1. The fraction of sp³-hybridized carbons (Fsp3) is 1.00. The summed E-state index contributed by atoms with van der Waals surface area (Å²) < 4.78 is 13.2. The van der Waals surface area contributed by atoms with Gasteiger partial charge in [0.05, 0.1) is 7.82 Å². The smallest absolute Gasteiger partial charge is 0.788 e. The standard InChI is InChI=1S/C2H8NO4P.Ca/c1-2-3-7-8(4,5)6;/h3H,2H2,1H3,(H2,4,5,6);/q;+2/p-2. The minimum Gasteiger partial charge on any atom is -0.788 e. The Hall–Kier alpha value is 1.33. The fourth-order valence-electron chi connectivity index (χ4n) is 0.144. The summed E-state index contributed by atoms with van der Waals surface area (Å²) in [6.07, 6.45) is 0. The summed E-state index contributed by atoms with van der Waals surface area (Å²) in [6, 6.07) is 0. The van der Waals surface area contributed by atoms with Crippen molar-refractivity contribution < 1.29 is 19.0 Å². The van der Waals surface area contributed by atoms with Gasteiger partial charge < -0.3 is 14.4 Å². The van der Waals surface area contributed by atoms with E-state index in [4.69, 9.17) is 0 Å². The van der Waals surface area contributed by atoms with Crippen molar-refractivity contribution in [2.45, 2.75) is 6.92 Å². The second-order valence-electron chi connectivity index (χ2n) is 1.04. The number of hydroxylamine groups is 1. The molecule has 0 fully saturated rings. The number of hydrogen-bond donors (Lipinski definition) is 1. The molecule has 50 valence electrons. The molecule has 0 saturated heterocycles. The van der Waals surface area contributed by atoms with Gasteiger partial charge in [-0.3, -0.25) is 4.62 Å². The van der Waals surface area contributed by atoms with Crippen LogP contribution >= 0.6 is 7.82 Å². The Morgan fingerprint density at radius 2 is 2.11 bits per heavy atom. The van der Waals surface area contributed by atoms with Crippen LogP contribution in [-0.2, 0) is 9.19 Å². The summed E-state index contributed by atoms with van der Waals surface area (Å²) in [5.74, 6) is 0. The zero-order valence-corrected chi connectivity index (χ0v) is 8.10. The molecule has 0 aliphatic heterocycles. The minimum atomic E-state index is -4.79. The molecule has 0 aliphatic carbocycles. The largest absolute Gasteiger partial charge is 2.00 e. The van der Waals surface area contributed by atoms with Crippen LogP contribution in [0.5, 0.6) is 0 Å². The van der Waals surface area contributed by atoms with Gasteiger partial charge in [-0.1, -0.05) is 6.92 Å². The van der Waals surface area contributed by atoms with Crippen LogP contribution in [0.25, 0.3) is 0 Å². The van der Waals surface area contributed by atoms with Crippen molar-refractivity contribution in [1.29, 1.82) is 0 Å². The quantitative estimate of drug-likeness (QED) is 0.307. The van der Waals surface area contributed by atoms with Crippen LogP contribution < -0.4 is 15.3 Å². The molecule has 5 nitrogen and oxygen atoms in total. The maximum absolute atomic E-state index is 9.58. The topological polar surface area (TPSA) is 84.5 Å². The van der Waals surface area contributed by atoms with Crippen molar-refractivity contribution in [2.75, 3.05) is 6.54 Å². The summed E-state index contributed by atoms with van der Waals surface area (Å²) in [5, 5.41) is 0. The maximum atomic E-state index is 9.58. The SMILES string of the molecule is CCNOP(=O)([O-])[O-].[Ca+2]. The van der Waals surface area contributed by atoms with Gasteiger partial charge in [-0.25, -0.2) is 0 Å². The van der Waals surface area contributed by atoms with E-state index in [1.165, 1.54) is 0 Å². The van der Waals surface area contributed by atoms with Gasteiger partial charge in [0, 0.05) is 6.54 Å². The first-order chi connectivity index (χ1) is 3.56. The van der Waals surface area contributed by atoms with E-state index >= 15 is 0 Å². The molecule has 7 heteroatoms. The second-order valence-corrected chi connectivity index (χ2v) is 2.11. The molecule has 0 spiro atoms. The molecule has 0 aromatic rings. The molecule has 0 aliphatic rings. The molecule has 0 atom stereocenters. The van der Waals surface area contributed by atoms with Gasteiger partial charge in [0.1, 0.15) is 0 Å². The van der Waals surface area contributed by atoms with E-state index < -0.39 is 7.82 Å². The molecule has 1 N–H and O–H groups in total. The molecule has 0 heterocycles. The van der Waals surface area contributed by atoms with Crippen molar-refractivity contribution in [3.63, 3.8) is 0 Å². The van der Waals surface area contributed by atoms with Crippen LogP contribution in [0.2, 0.25) is 0 Å². The third kappa shape index (κ3) is 12.5. The van der Waals surface area contributed by atoms with Gasteiger partial charge in [0.2, 0.25) is 0 Å². The van der Waals surface area contributed by atoms with E-state index in [9.17, 15) is 14.4 Å². The number of phosphoric acid groups is 1. The average Bonchev–Trinajstić information content (AvgIpc) is 1.59. The summed E-state index contributed by atoms with van der Waals surface area (Å²) in [6.45, 7) is 1.89. The minimum absolute atomic E-state index is 0. The van der Waals surface area contributed by atoms with Crippen LogP contribution in [0.4, 0.5) is 0 Å². The number of rotatable bonds is 3. The van der Waals surface area contributed by atoms with Gasteiger partial charge in [0.25, 0.3) is 0 Å². The molecule has 9 heavy (non-hydrogen) atoms. The Bertz CT molecular complexity index is 103. The Morgan fingerprint density at radius 3 is 2.22 bits per heavy atom. The molecule has 0 unspecified atom stereocenters. The van der Waals surface area contributed by atoms with Crippen molar-refractivity contribution in [1.82, 2.24) is 5.48 Å². The summed E-state index contributed by atoms with van der Waals surface area (Å²) in [4.78, 5) is 19.2. The molecular weight excluding hydrogens is 173 g/mol. The zero-order valence-electron chi connectivity index (χ0n) is 4.99. The Kier molecular flexibility index (Phi) is 8.74. The van der Waals surface area contributed by atoms with Gasteiger partial charge in [0.15, 0.2) is 0 Å². The molecule has 0 rings (SSSR count). The Morgan fingerprint density at radius 1 is 1.67 bits per heavy atom. The van der Waals surface area contributed by atoms with Crippen LogP contribution in [0.15, 0.2) is 0 Å². The van der Waals surface area contributed by atoms with E-state index in [0.717, 1.165) is 0 Å². The van der Waals surface area contributed by atoms with Gasteiger partial charge >= 0.3 is 37.7 Å². The van der Waals surface area contributed by atoms with E-state index in [-0.39, 0.29) is 44.3 Å². The number of hydrogen-bond acceptors (Lipinski definition) is 5. The van der Waals surface area contributed by atoms with Crippen LogP contribution in [0.3, 0.4) is 0 Å². The average molecular weight is 179 g/mol. The van der Waals surface area contributed by atoms with Crippen molar-refractivity contribution >= 4 is 45.6 Å². The Labute approximate surface area is 83.0 Å².